The second kappa shape index (κ2) is 7.29. The van der Waals surface area contributed by atoms with Gasteiger partial charge in [-0.15, -0.1) is 0 Å². The van der Waals surface area contributed by atoms with Crippen molar-refractivity contribution in [2.45, 2.75) is 19.3 Å². The summed E-state index contributed by atoms with van der Waals surface area (Å²) >= 11 is 0. The van der Waals surface area contributed by atoms with Crippen LogP contribution in [-0.2, 0) is 18.6 Å². The first-order valence-corrected chi connectivity index (χ1v) is 8.40. The van der Waals surface area contributed by atoms with E-state index in [0.717, 1.165) is 0 Å². The van der Waals surface area contributed by atoms with Crippen LogP contribution in [0, 0.1) is 0 Å². The molecule has 0 aromatic carbocycles. The molecule has 24 heavy (non-hydrogen) atoms. The second-order valence-corrected chi connectivity index (χ2v) is 6.03. The van der Waals surface area contributed by atoms with Gasteiger partial charge in [0.25, 0.3) is 0 Å². The Morgan fingerprint density at radius 3 is 2.79 bits per heavy atom. The smallest absolute Gasteiger partial charge is 0.470 e. The Morgan fingerprint density at radius 2 is 2.17 bits per heavy atom. The quantitative estimate of drug-likeness (QED) is 0.310. The predicted octanol–water partition coefficient (Wildman–Crippen LogP) is -0.0806. The number of carbonyl (C=O) groups excluding carboxylic acids is 1. The van der Waals surface area contributed by atoms with E-state index in [1.54, 1.807) is 6.92 Å². The van der Waals surface area contributed by atoms with E-state index in [2.05, 4.69) is 4.52 Å². The largest absolute Gasteiger partial charge is 0.506 e. The molecule has 2 rings (SSSR count). The maximum Gasteiger partial charge on any atom is 0.470 e. The fourth-order valence-electron chi connectivity index (χ4n) is 2.03. The van der Waals surface area contributed by atoms with Gasteiger partial charge >= 0.3 is 20.0 Å². The Hall–Kier alpha value is -1.97. The Bertz CT molecular complexity index is 698. The number of esters is 1. The van der Waals surface area contributed by atoms with Crippen LogP contribution in [0.5, 0.6) is 0 Å². The molecule has 0 bridgehead atoms. The summed E-state index contributed by atoms with van der Waals surface area (Å²) < 4.78 is 26.4. The predicted molar refractivity (Wildman–Crippen MR) is 76.4 cm³/mol. The summed E-state index contributed by atoms with van der Waals surface area (Å²) in [6.45, 7) is 1.14. The number of aliphatic hydroxyl groups excluding tert-OH is 2. The zero-order valence-corrected chi connectivity index (χ0v) is 13.5. The molecule has 11 heteroatoms. The zero-order valence-electron chi connectivity index (χ0n) is 12.6. The topological polar surface area (TPSA) is 147 Å². The average Bonchev–Trinajstić information content (AvgIpc) is 2.81. The average molecular weight is 362 g/mol. The number of rotatable bonds is 6. The minimum absolute atomic E-state index is 0.197. The van der Waals surface area contributed by atoms with E-state index in [1.807, 2.05) is 0 Å². The molecule has 0 fully saturated rings. The van der Waals surface area contributed by atoms with Gasteiger partial charge in [0.05, 0.1) is 6.61 Å². The van der Waals surface area contributed by atoms with Crippen LogP contribution < -0.4 is 4.57 Å². The number of carbonyl (C=O) groups is 1. The number of phosphoric ester groups is 1. The van der Waals surface area contributed by atoms with Gasteiger partial charge in [0.2, 0.25) is 6.10 Å². The molecule has 0 unspecified atom stereocenters. The highest BCUT2D eigenvalue weighted by molar-refractivity contribution is 7.46. The number of phosphoric acid groups is 1. The summed E-state index contributed by atoms with van der Waals surface area (Å²) in [6.07, 6.45) is 0.209. The summed E-state index contributed by atoms with van der Waals surface area (Å²) in [5.74, 6) is -1.49. The molecule has 132 valence electrons. The molecule has 0 radical (unpaired) electrons. The van der Waals surface area contributed by atoms with Gasteiger partial charge in [-0.05, 0) is 13.0 Å². The number of hydrogen-bond donors (Lipinski definition) is 4. The second-order valence-electron chi connectivity index (χ2n) is 4.79. The van der Waals surface area contributed by atoms with Crippen LogP contribution in [0.15, 0.2) is 36.0 Å². The highest BCUT2D eigenvalue weighted by Gasteiger charge is 2.43. The van der Waals surface area contributed by atoms with E-state index in [1.165, 1.54) is 29.1 Å². The number of aliphatic hydroxyl groups is 2. The summed E-state index contributed by atoms with van der Waals surface area (Å²) in [5, 5.41) is 19.8. The molecule has 2 heterocycles. The first-order chi connectivity index (χ1) is 11.2. The van der Waals surface area contributed by atoms with E-state index in [4.69, 9.17) is 19.3 Å². The third-order valence-corrected chi connectivity index (χ3v) is 3.56. The van der Waals surface area contributed by atoms with Crippen LogP contribution in [0.25, 0.3) is 0 Å². The summed E-state index contributed by atoms with van der Waals surface area (Å²) in [6, 6.07) is 3.02. The molecule has 0 spiro atoms. The van der Waals surface area contributed by atoms with Crippen molar-refractivity contribution >= 4 is 13.8 Å². The van der Waals surface area contributed by atoms with Crippen LogP contribution in [0.2, 0.25) is 0 Å². The van der Waals surface area contributed by atoms with Crippen LogP contribution in [-0.4, -0.2) is 45.3 Å². The molecule has 0 aliphatic carbocycles. The Kier molecular flexibility index (Phi) is 5.58. The first kappa shape index (κ1) is 18.4. The lowest BCUT2D eigenvalue weighted by Gasteiger charge is -2.11. The molecular formula is C13H17NO9P+. The highest BCUT2D eigenvalue weighted by atomic mass is 31.2. The van der Waals surface area contributed by atoms with Crippen molar-refractivity contribution in [1.29, 1.82) is 0 Å². The van der Waals surface area contributed by atoms with Gasteiger partial charge in [-0.2, -0.15) is 4.57 Å². The molecule has 1 aromatic rings. The van der Waals surface area contributed by atoms with Crippen LogP contribution in [0.3, 0.4) is 0 Å². The normalized spacial score (nSPS) is 20.8. The number of hydrogen-bond acceptors (Lipinski definition) is 7. The molecule has 0 saturated carbocycles. The highest BCUT2D eigenvalue weighted by Crippen LogP contribution is 2.38. The number of ether oxygens (including phenoxy) is 2. The SMILES string of the molecule is CCOC(=O)c1ccc[n+]([C@@H]2OC(COP(=O)(O)O)=C(O)[C@@H]2O)c1. The monoisotopic (exact) mass is 362 g/mol. The minimum atomic E-state index is -4.76. The third-order valence-electron chi connectivity index (χ3n) is 3.09. The number of nitrogens with zero attached hydrogens (tertiary/aromatic N) is 1. The van der Waals surface area contributed by atoms with Crippen LogP contribution >= 0.6 is 7.82 Å². The van der Waals surface area contributed by atoms with Gasteiger partial charge in [0.1, 0.15) is 12.2 Å². The van der Waals surface area contributed by atoms with Gasteiger partial charge in [0.15, 0.2) is 23.9 Å². The van der Waals surface area contributed by atoms with Crippen molar-refractivity contribution in [1.82, 2.24) is 0 Å². The molecule has 1 aliphatic rings. The van der Waals surface area contributed by atoms with Gasteiger partial charge < -0.3 is 29.5 Å². The summed E-state index contributed by atoms with van der Waals surface area (Å²) in [7, 11) is -4.76. The lowest BCUT2D eigenvalue weighted by atomic mass is 10.2. The van der Waals surface area contributed by atoms with E-state index in [-0.39, 0.29) is 17.9 Å². The van der Waals surface area contributed by atoms with E-state index in [0.29, 0.717) is 0 Å². The molecule has 4 N–H and O–H groups in total. The Labute approximate surface area is 136 Å². The molecular weight excluding hydrogens is 345 g/mol. The lowest BCUT2D eigenvalue weighted by Crippen LogP contribution is -2.45. The Morgan fingerprint density at radius 1 is 1.46 bits per heavy atom. The molecule has 0 saturated heterocycles. The summed E-state index contributed by atoms with van der Waals surface area (Å²) in [4.78, 5) is 29.1. The zero-order chi connectivity index (χ0) is 17.9. The van der Waals surface area contributed by atoms with Gasteiger partial charge in [-0.25, -0.2) is 9.36 Å². The number of aromatic nitrogens is 1. The van der Waals surface area contributed by atoms with E-state index >= 15 is 0 Å². The maximum absolute atomic E-state index is 11.7. The minimum Gasteiger partial charge on any atom is -0.506 e. The first-order valence-electron chi connectivity index (χ1n) is 6.87. The van der Waals surface area contributed by atoms with Crippen LogP contribution in [0.1, 0.15) is 23.5 Å². The number of pyridine rings is 1. The van der Waals surface area contributed by atoms with E-state index < -0.39 is 38.5 Å². The van der Waals surface area contributed by atoms with Gasteiger partial charge in [-0.3, -0.25) is 4.52 Å². The molecule has 2 atom stereocenters. The molecule has 1 aliphatic heterocycles. The van der Waals surface area contributed by atoms with Crippen molar-refractivity contribution in [2.24, 2.45) is 0 Å². The standard InChI is InChI=1S/C13H16NO9P/c1-2-21-13(17)8-4-3-5-14(6-8)12-11(16)10(15)9(23-12)7-22-24(18,19)20/h3-6,11-12,16H,2,7H2,1H3,(H2-,15,18,19,20)/p+1/t11-,12+/m0/s1. The Balaban J connectivity index is 2.16. The van der Waals surface area contributed by atoms with Crippen molar-refractivity contribution in [3.05, 3.63) is 41.6 Å². The fourth-order valence-corrected chi connectivity index (χ4v) is 2.32. The molecule has 1 aromatic heterocycles. The fraction of sp³-hybridized carbons (Fsp3) is 0.385. The maximum atomic E-state index is 11.7. The van der Waals surface area contributed by atoms with Gasteiger partial charge in [0, 0.05) is 6.07 Å². The van der Waals surface area contributed by atoms with Crippen molar-refractivity contribution in [2.75, 3.05) is 13.2 Å². The van der Waals surface area contributed by atoms with Crippen molar-refractivity contribution in [3.63, 3.8) is 0 Å². The lowest BCUT2D eigenvalue weighted by molar-refractivity contribution is -0.763. The summed E-state index contributed by atoms with van der Waals surface area (Å²) in [5.41, 5.74) is 0.203. The van der Waals surface area contributed by atoms with Crippen LogP contribution in [0.4, 0.5) is 0 Å². The third kappa shape index (κ3) is 4.31. The van der Waals surface area contributed by atoms with Gasteiger partial charge in [-0.1, -0.05) is 0 Å². The van der Waals surface area contributed by atoms with Crippen molar-refractivity contribution in [3.8, 4) is 0 Å². The molecule has 0 amide bonds. The van der Waals surface area contributed by atoms with E-state index in [9.17, 15) is 19.6 Å². The van der Waals surface area contributed by atoms with Crippen molar-refractivity contribution < 1.29 is 47.9 Å². The molecule has 10 nitrogen and oxygen atoms in total.